The van der Waals surface area contributed by atoms with Crippen LogP contribution in [0.1, 0.15) is 0 Å². The number of carbonyl (C=O) groups is 2. The molecule has 1 aromatic carbocycles. The van der Waals surface area contributed by atoms with Gasteiger partial charge in [-0.05, 0) is 18.2 Å². The number of carbonyl (C=O) groups excluding carboxylic acids is 1. The van der Waals surface area contributed by atoms with E-state index >= 15 is 0 Å². The van der Waals surface area contributed by atoms with Crippen LogP contribution in [0.3, 0.4) is 0 Å². The van der Waals surface area contributed by atoms with Crippen LogP contribution in [-0.2, 0) is 4.79 Å². The summed E-state index contributed by atoms with van der Waals surface area (Å²) in [5, 5.41) is 13.6. The molecule has 0 aromatic heterocycles. The Morgan fingerprint density at radius 2 is 2.00 bits per heavy atom. The van der Waals surface area contributed by atoms with Gasteiger partial charge in [0, 0.05) is 5.02 Å². The molecule has 0 atom stereocenters. The Hall–Kier alpha value is -1.46. The summed E-state index contributed by atoms with van der Waals surface area (Å²) >= 11 is 11.5. The second-order valence-corrected chi connectivity index (χ2v) is 3.67. The van der Waals surface area contributed by atoms with Crippen molar-refractivity contribution < 1.29 is 14.7 Å². The number of nitrogens with one attached hydrogen (secondary N) is 2. The largest absolute Gasteiger partial charge is 0.480 e. The molecule has 1 rings (SSSR count). The molecule has 3 N–H and O–H groups in total. The van der Waals surface area contributed by atoms with Crippen LogP contribution >= 0.6 is 23.2 Å². The summed E-state index contributed by atoms with van der Waals surface area (Å²) in [5.74, 6) is -1.13. The molecule has 0 aliphatic carbocycles. The maximum atomic E-state index is 11.2. The van der Waals surface area contributed by atoms with Gasteiger partial charge in [-0.15, -0.1) is 0 Å². The number of hydrogen-bond acceptors (Lipinski definition) is 2. The van der Waals surface area contributed by atoms with Crippen molar-refractivity contribution in [1.29, 1.82) is 0 Å². The zero-order valence-corrected chi connectivity index (χ0v) is 9.47. The summed E-state index contributed by atoms with van der Waals surface area (Å²) in [7, 11) is 0. The van der Waals surface area contributed by atoms with E-state index in [1.54, 1.807) is 6.07 Å². The van der Waals surface area contributed by atoms with Crippen molar-refractivity contribution in [3.63, 3.8) is 0 Å². The Morgan fingerprint density at radius 3 is 2.62 bits per heavy atom. The molecule has 0 bridgehead atoms. The van der Waals surface area contributed by atoms with Crippen molar-refractivity contribution in [2.75, 3.05) is 11.9 Å². The Morgan fingerprint density at radius 1 is 1.31 bits per heavy atom. The van der Waals surface area contributed by atoms with Gasteiger partial charge in [-0.3, -0.25) is 4.79 Å². The van der Waals surface area contributed by atoms with Crippen LogP contribution in [0.4, 0.5) is 10.5 Å². The van der Waals surface area contributed by atoms with Crippen LogP contribution in [0.2, 0.25) is 10.0 Å². The quantitative estimate of drug-likeness (QED) is 0.782. The number of rotatable bonds is 3. The molecule has 0 fully saturated rings. The SMILES string of the molecule is O=C(O)CNC(=O)Nc1cc(Cl)ccc1Cl. The van der Waals surface area contributed by atoms with Gasteiger partial charge in [0.05, 0.1) is 10.7 Å². The van der Waals surface area contributed by atoms with Gasteiger partial charge in [-0.1, -0.05) is 23.2 Å². The lowest BCUT2D eigenvalue weighted by atomic mass is 10.3. The van der Waals surface area contributed by atoms with E-state index in [4.69, 9.17) is 28.3 Å². The van der Waals surface area contributed by atoms with E-state index in [9.17, 15) is 9.59 Å². The highest BCUT2D eigenvalue weighted by atomic mass is 35.5. The van der Waals surface area contributed by atoms with Crippen LogP contribution in [0, 0.1) is 0 Å². The third-order valence-electron chi connectivity index (χ3n) is 1.58. The van der Waals surface area contributed by atoms with Crippen LogP contribution in [0.5, 0.6) is 0 Å². The second-order valence-electron chi connectivity index (χ2n) is 2.83. The maximum Gasteiger partial charge on any atom is 0.323 e. The zero-order valence-electron chi connectivity index (χ0n) is 7.96. The van der Waals surface area contributed by atoms with E-state index in [1.807, 2.05) is 0 Å². The third kappa shape index (κ3) is 3.96. The predicted octanol–water partition coefficient (Wildman–Crippen LogP) is 2.20. The first-order valence-corrected chi connectivity index (χ1v) is 4.96. The lowest BCUT2D eigenvalue weighted by Gasteiger charge is -2.07. The van der Waals surface area contributed by atoms with Gasteiger partial charge in [0.15, 0.2) is 0 Å². The molecule has 0 heterocycles. The van der Waals surface area contributed by atoms with Gasteiger partial charge < -0.3 is 15.7 Å². The van der Waals surface area contributed by atoms with Crippen LogP contribution in [0.15, 0.2) is 18.2 Å². The smallest absolute Gasteiger partial charge is 0.323 e. The first-order valence-electron chi connectivity index (χ1n) is 4.20. The molecule has 86 valence electrons. The lowest BCUT2D eigenvalue weighted by Crippen LogP contribution is -2.33. The Labute approximate surface area is 101 Å². The molecule has 2 amide bonds. The van der Waals surface area contributed by atoms with Gasteiger partial charge in [0.2, 0.25) is 0 Å². The number of halogens is 2. The molecule has 0 saturated carbocycles. The fourth-order valence-electron chi connectivity index (χ4n) is 0.916. The highest BCUT2D eigenvalue weighted by molar-refractivity contribution is 6.35. The molecule has 0 saturated heterocycles. The van der Waals surface area contributed by atoms with Crippen molar-refractivity contribution in [2.24, 2.45) is 0 Å². The average molecular weight is 263 g/mol. The highest BCUT2D eigenvalue weighted by Gasteiger charge is 2.07. The number of anilines is 1. The number of aliphatic carboxylic acids is 1. The average Bonchev–Trinajstić information content (AvgIpc) is 2.20. The van der Waals surface area contributed by atoms with Gasteiger partial charge in [-0.2, -0.15) is 0 Å². The number of amides is 2. The first-order chi connectivity index (χ1) is 7.49. The molecule has 0 radical (unpaired) electrons. The molecule has 1 aromatic rings. The minimum atomic E-state index is -1.13. The molecule has 0 unspecified atom stereocenters. The summed E-state index contributed by atoms with van der Waals surface area (Å²) < 4.78 is 0. The molecule has 5 nitrogen and oxygen atoms in total. The minimum Gasteiger partial charge on any atom is -0.480 e. The number of urea groups is 1. The molecular weight excluding hydrogens is 255 g/mol. The van der Waals surface area contributed by atoms with Crippen LogP contribution < -0.4 is 10.6 Å². The molecular formula is C9H8Cl2N2O3. The van der Waals surface area contributed by atoms with E-state index in [0.717, 1.165) is 0 Å². The van der Waals surface area contributed by atoms with Crippen LogP contribution in [0.25, 0.3) is 0 Å². The van der Waals surface area contributed by atoms with E-state index in [0.29, 0.717) is 15.7 Å². The minimum absolute atomic E-state index is 0.315. The lowest BCUT2D eigenvalue weighted by molar-refractivity contribution is -0.135. The molecule has 0 aliphatic heterocycles. The summed E-state index contributed by atoms with van der Waals surface area (Å²) in [5.41, 5.74) is 0.317. The number of carboxylic acids is 1. The van der Waals surface area contributed by atoms with E-state index in [-0.39, 0.29) is 0 Å². The summed E-state index contributed by atoms with van der Waals surface area (Å²) in [4.78, 5) is 21.4. The second kappa shape index (κ2) is 5.58. The zero-order chi connectivity index (χ0) is 12.1. The molecule has 0 spiro atoms. The van der Waals surface area contributed by atoms with Crippen molar-refractivity contribution in [2.45, 2.75) is 0 Å². The van der Waals surface area contributed by atoms with Crippen molar-refractivity contribution >= 4 is 40.9 Å². The van der Waals surface area contributed by atoms with Crippen LogP contribution in [-0.4, -0.2) is 23.7 Å². The Kier molecular flexibility index (Phi) is 4.39. The number of hydrogen-bond donors (Lipinski definition) is 3. The predicted molar refractivity (Wildman–Crippen MR) is 61.1 cm³/mol. The molecule has 0 aliphatic rings. The normalized spacial score (nSPS) is 9.62. The van der Waals surface area contributed by atoms with Gasteiger partial charge in [0.1, 0.15) is 6.54 Å². The highest BCUT2D eigenvalue weighted by Crippen LogP contribution is 2.25. The van der Waals surface area contributed by atoms with E-state index in [1.165, 1.54) is 12.1 Å². The molecule has 7 heteroatoms. The van der Waals surface area contributed by atoms with Gasteiger partial charge in [-0.25, -0.2) is 4.79 Å². The monoisotopic (exact) mass is 262 g/mol. The number of carboxylic acid groups (broad SMARTS) is 1. The Bertz CT molecular complexity index is 423. The fourth-order valence-corrected chi connectivity index (χ4v) is 1.25. The van der Waals surface area contributed by atoms with Gasteiger partial charge in [0.25, 0.3) is 0 Å². The summed E-state index contributed by atoms with van der Waals surface area (Å²) in [6.45, 7) is -0.468. The van der Waals surface area contributed by atoms with Crippen molar-refractivity contribution in [1.82, 2.24) is 5.32 Å². The topological polar surface area (TPSA) is 78.4 Å². The van der Waals surface area contributed by atoms with E-state index < -0.39 is 18.5 Å². The van der Waals surface area contributed by atoms with Crippen molar-refractivity contribution in [3.05, 3.63) is 28.2 Å². The van der Waals surface area contributed by atoms with Gasteiger partial charge >= 0.3 is 12.0 Å². The van der Waals surface area contributed by atoms with Crippen molar-refractivity contribution in [3.8, 4) is 0 Å². The molecule has 16 heavy (non-hydrogen) atoms. The summed E-state index contributed by atoms with van der Waals surface area (Å²) in [6, 6.07) is 3.90. The van der Waals surface area contributed by atoms with E-state index in [2.05, 4.69) is 10.6 Å². The standard InChI is InChI=1S/C9H8Cl2N2O3/c10-5-1-2-6(11)7(3-5)13-9(16)12-4-8(14)15/h1-3H,4H2,(H,14,15)(H2,12,13,16). The maximum absolute atomic E-state index is 11.2. The first kappa shape index (κ1) is 12.6. The fraction of sp³-hybridized carbons (Fsp3) is 0.111. The summed E-state index contributed by atoms with van der Waals surface area (Å²) in [6.07, 6.45) is 0. The Balaban J connectivity index is 2.62. The third-order valence-corrected chi connectivity index (χ3v) is 2.14. The number of benzene rings is 1.